The van der Waals surface area contributed by atoms with Gasteiger partial charge in [-0.05, 0) is 12.1 Å². The number of carboxylic acids is 1. The number of rotatable bonds is 4. The van der Waals surface area contributed by atoms with Crippen molar-refractivity contribution in [2.24, 2.45) is 0 Å². The van der Waals surface area contributed by atoms with E-state index in [9.17, 15) is 31.7 Å². The van der Waals surface area contributed by atoms with Crippen molar-refractivity contribution in [3.63, 3.8) is 0 Å². The van der Waals surface area contributed by atoms with Crippen molar-refractivity contribution in [2.45, 2.75) is 4.90 Å². The molecule has 0 spiro atoms. The Morgan fingerprint density at radius 2 is 1.74 bits per heavy atom. The van der Waals surface area contributed by atoms with Crippen LogP contribution in [0.5, 0.6) is 0 Å². The summed E-state index contributed by atoms with van der Waals surface area (Å²) in [6.07, 6.45) is 0. The van der Waals surface area contributed by atoms with E-state index >= 15 is 0 Å². The highest BCUT2D eigenvalue weighted by Gasteiger charge is 2.32. The molecule has 0 unspecified atom stereocenters. The van der Waals surface area contributed by atoms with Crippen molar-refractivity contribution < 1.29 is 36.2 Å². The number of aromatic carboxylic acids is 1. The van der Waals surface area contributed by atoms with Crippen LogP contribution >= 0.6 is 0 Å². The van der Waals surface area contributed by atoms with Crippen LogP contribution in [0.25, 0.3) is 0 Å². The summed E-state index contributed by atoms with van der Waals surface area (Å²) in [5.41, 5.74) is -1.93. The monoisotopic (exact) mass is 311 g/mol. The lowest BCUT2D eigenvalue weighted by atomic mass is 10.2. The predicted molar refractivity (Wildman–Crippen MR) is 58.8 cm³/mol. The third-order valence-electron chi connectivity index (χ3n) is 1.96. The zero-order valence-electron chi connectivity index (χ0n) is 8.75. The number of hydrogen-bond donors (Lipinski definition) is 2. The van der Waals surface area contributed by atoms with E-state index in [4.69, 9.17) is 9.66 Å². The molecule has 0 aliphatic carbocycles. The zero-order chi connectivity index (χ0) is 15.0. The van der Waals surface area contributed by atoms with Gasteiger partial charge in [0.15, 0.2) is 0 Å². The van der Waals surface area contributed by atoms with Crippen LogP contribution in [0.3, 0.4) is 0 Å². The number of hydrogen-bond acceptors (Lipinski definition) is 7. The largest absolute Gasteiger partial charge is 0.477 e. The molecule has 10 nitrogen and oxygen atoms in total. The summed E-state index contributed by atoms with van der Waals surface area (Å²) in [6.45, 7) is 0. The quantitative estimate of drug-likeness (QED) is 0.332. The minimum absolute atomic E-state index is 0.281. The standard InChI is InChI=1S/C7H5NO9S2/c9-7(10)5-3-4(1-2-6(5)8(11)12)18(13,14)19(15,16)17/h1-3H,(H,9,10)(H,15,16,17). The van der Waals surface area contributed by atoms with E-state index in [1.165, 1.54) is 0 Å². The fourth-order valence-corrected chi connectivity index (χ4v) is 2.90. The van der Waals surface area contributed by atoms with Gasteiger partial charge in [0.2, 0.25) is 0 Å². The van der Waals surface area contributed by atoms with E-state index in [0.717, 1.165) is 0 Å². The first-order valence-corrected chi connectivity index (χ1v) is 7.66. The molecular formula is C7H5NO9S2. The van der Waals surface area contributed by atoms with Gasteiger partial charge in [0, 0.05) is 6.07 Å². The number of carboxylic acid groups (broad SMARTS) is 1. The maximum Gasteiger partial charge on any atom is 0.377 e. The highest BCUT2D eigenvalue weighted by Crippen LogP contribution is 2.24. The smallest absolute Gasteiger partial charge is 0.377 e. The zero-order valence-corrected chi connectivity index (χ0v) is 10.4. The highest BCUT2D eigenvalue weighted by molar-refractivity contribution is 8.64. The first-order chi connectivity index (χ1) is 8.48. The minimum atomic E-state index is -5.52. The molecule has 104 valence electrons. The number of nitro groups is 1. The molecule has 0 bridgehead atoms. The molecule has 0 radical (unpaired) electrons. The van der Waals surface area contributed by atoms with Gasteiger partial charge in [-0.1, -0.05) is 0 Å². The first kappa shape index (κ1) is 15.0. The third-order valence-corrected chi connectivity index (χ3v) is 5.59. The molecule has 1 rings (SSSR count). The molecule has 0 amide bonds. The molecule has 0 heterocycles. The Labute approximate surface area is 105 Å². The summed E-state index contributed by atoms with van der Waals surface area (Å²) in [6, 6.07) is 1.30. The summed E-state index contributed by atoms with van der Waals surface area (Å²) >= 11 is 0. The molecule has 0 saturated heterocycles. The van der Waals surface area contributed by atoms with Crippen molar-refractivity contribution in [2.75, 3.05) is 0 Å². The average molecular weight is 311 g/mol. The number of carbonyl (C=O) groups is 1. The van der Waals surface area contributed by atoms with Gasteiger partial charge in [-0.3, -0.25) is 14.7 Å². The van der Waals surface area contributed by atoms with Crippen LogP contribution in [0.1, 0.15) is 10.4 Å². The van der Waals surface area contributed by atoms with Gasteiger partial charge in [-0.15, -0.1) is 0 Å². The third kappa shape index (κ3) is 2.69. The molecule has 1 aromatic carbocycles. The van der Waals surface area contributed by atoms with Crippen LogP contribution in [-0.2, 0) is 18.0 Å². The summed E-state index contributed by atoms with van der Waals surface area (Å²) in [5.74, 6) is -1.82. The summed E-state index contributed by atoms with van der Waals surface area (Å²) < 4.78 is 52.4. The molecule has 0 aliphatic heterocycles. The molecule has 2 N–H and O–H groups in total. The molecule has 19 heavy (non-hydrogen) atoms. The van der Waals surface area contributed by atoms with Crippen molar-refractivity contribution in [1.29, 1.82) is 0 Å². The fraction of sp³-hybridized carbons (Fsp3) is 0. The summed E-state index contributed by atoms with van der Waals surface area (Å²) in [4.78, 5) is 19.1. The van der Waals surface area contributed by atoms with Crippen molar-refractivity contribution in [3.05, 3.63) is 33.9 Å². The molecule has 0 aliphatic rings. The van der Waals surface area contributed by atoms with Crippen LogP contribution in [0.4, 0.5) is 5.69 Å². The second-order valence-electron chi connectivity index (χ2n) is 3.12. The topological polar surface area (TPSA) is 169 Å². The summed E-state index contributed by atoms with van der Waals surface area (Å²) in [5, 5.41) is 19.2. The van der Waals surface area contributed by atoms with Crippen LogP contribution in [0.2, 0.25) is 0 Å². The van der Waals surface area contributed by atoms with Crippen LogP contribution in [0.15, 0.2) is 23.1 Å². The van der Waals surface area contributed by atoms with Crippen LogP contribution in [-0.4, -0.2) is 37.4 Å². The highest BCUT2D eigenvalue weighted by atomic mass is 33.2. The van der Waals surface area contributed by atoms with Gasteiger partial charge >= 0.3 is 24.0 Å². The lowest BCUT2D eigenvalue weighted by Gasteiger charge is -2.03. The maximum atomic E-state index is 11.3. The molecule has 0 saturated carbocycles. The molecule has 0 atom stereocenters. The Morgan fingerprint density at radius 1 is 1.21 bits per heavy atom. The van der Waals surface area contributed by atoms with Gasteiger partial charge in [-0.2, -0.15) is 8.42 Å². The Kier molecular flexibility index (Phi) is 3.60. The van der Waals surface area contributed by atoms with E-state index < -0.39 is 45.1 Å². The lowest BCUT2D eigenvalue weighted by Crippen LogP contribution is -2.15. The Hall–Kier alpha value is -2.05. The maximum absolute atomic E-state index is 11.3. The van der Waals surface area contributed by atoms with Crippen LogP contribution < -0.4 is 0 Å². The Morgan fingerprint density at radius 3 is 2.11 bits per heavy atom. The normalized spacial score (nSPS) is 12.1. The second-order valence-corrected chi connectivity index (χ2v) is 7.94. The van der Waals surface area contributed by atoms with Gasteiger partial charge in [0.25, 0.3) is 5.69 Å². The van der Waals surface area contributed by atoms with E-state index in [-0.39, 0.29) is 6.07 Å². The van der Waals surface area contributed by atoms with Gasteiger partial charge in [0.1, 0.15) is 5.56 Å². The average Bonchev–Trinajstić information content (AvgIpc) is 2.26. The Balaban J connectivity index is 3.66. The van der Waals surface area contributed by atoms with Gasteiger partial charge in [-0.25, -0.2) is 13.2 Å². The van der Waals surface area contributed by atoms with Crippen molar-refractivity contribution in [1.82, 2.24) is 0 Å². The first-order valence-electron chi connectivity index (χ1n) is 4.22. The Bertz CT molecular complexity index is 762. The molecule has 0 fully saturated rings. The molecule has 1 aromatic rings. The van der Waals surface area contributed by atoms with Crippen LogP contribution in [0, 0.1) is 10.1 Å². The number of nitrogens with zero attached hydrogens (tertiary/aromatic N) is 1. The second kappa shape index (κ2) is 4.56. The minimum Gasteiger partial charge on any atom is -0.477 e. The SMILES string of the molecule is O=C(O)c1cc(S(=O)(=O)S(=O)(=O)O)ccc1[N+](=O)[O-]. The van der Waals surface area contributed by atoms with E-state index in [0.29, 0.717) is 12.1 Å². The fourth-order valence-electron chi connectivity index (χ4n) is 1.12. The molecular weight excluding hydrogens is 306 g/mol. The van der Waals surface area contributed by atoms with E-state index in [1.54, 1.807) is 0 Å². The molecule has 0 aromatic heterocycles. The number of nitro benzene ring substituents is 1. The van der Waals surface area contributed by atoms with Gasteiger partial charge < -0.3 is 5.11 Å². The van der Waals surface area contributed by atoms with Gasteiger partial charge in [0.05, 0.1) is 9.82 Å². The lowest BCUT2D eigenvalue weighted by molar-refractivity contribution is -0.385. The predicted octanol–water partition coefficient (Wildman–Crippen LogP) is -0.130. The summed E-state index contributed by atoms with van der Waals surface area (Å²) in [7, 11) is -10.8. The van der Waals surface area contributed by atoms with E-state index in [1.807, 2.05) is 0 Å². The van der Waals surface area contributed by atoms with E-state index in [2.05, 4.69) is 0 Å². The molecule has 12 heteroatoms. The van der Waals surface area contributed by atoms with Crippen molar-refractivity contribution in [3.8, 4) is 0 Å². The van der Waals surface area contributed by atoms with Crippen molar-refractivity contribution >= 4 is 29.7 Å². The number of benzene rings is 1.